The Morgan fingerprint density at radius 1 is 1.19 bits per heavy atom. The monoisotopic (exact) mass is 359 g/mol. The van der Waals surface area contributed by atoms with Gasteiger partial charge in [0.25, 0.3) is 0 Å². The van der Waals surface area contributed by atoms with Crippen LogP contribution in [0.15, 0.2) is 18.3 Å². The van der Waals surface area contributed by atoms with Gasteiger partial charge in [-0.25, -0.2) is 14.8 Å². The highest BCUT2D eigenvalue weighted by Crippen LogP contribution is 2.40. The maximum atomic E-state index is 12.6. The Morgan fingerprint density at radius 2 is 1.88 bits per heavy atom. The fourth-order valence-corrected chi connectivity index (χ4v) is 2.85. The van der Waals surface area contributed by atoms with Gasteiger partial charge in [0.15, 0.2) is 11.5 Å². The van der Waals surface area contributed by atoms with Crippen LogP contribution in [0.5, 0.6) is 17.2 Å². The van der Waals surface area contributed by atoms with Gasteiger partial charge in [-0.15, -0.1) is 0 Å². The molecule has 1 aromatic carbocycles. The lowest BCUT2D eigenvalue weighted by Gasteiger charge is -2.28. The summed E-state index contributed by atoms with van der Waals surface area (Å²) in [5, 5.41) is 2.85. The first-order chi connectivity index (χ1) is 12.5. The van der Waals surface area contributed by atoms with Gasteiger partial charge in [-0.3, -0.25) is 0 Å². The molecular weight excluding hydrogens is 338 g/mol. The van der Waals surface area contributed by atoms with E-state index in [1.54, 1.807) is 23.2 Å². The Hall–Kier alpha value is -3.23. The van der Waals surface area contributed by atoms with Crippen LogP contribution in [0.2, 0.25) is 0 Å². The topological polar surface area (TPSA) is 112 Å². The molecule has 1 aliphatic rings. The van der Waals surface area contributed by atoms with Crippen molar-refractivity contribution in [2.75, 3.05) is 38.9 Å². The largest absolute Gasteiger partial charge is 0.493 e. The molecule has 0 saturated heterocycles. The molecule has 9 heteroatoms. The van der Waals surface area contributed by atoms with E-state index in [9.17, 15) is 4.79 Å². The van der Waals surface area contributed by atoms with Crippen LogP contribution in [0.25, 0.3) is 0 Å². The molecule has 138 valence electrons. The number of nitrogens with two attached hydrogens (primary N) is 1. The predicted molar refractivity (Wildman–Crippen MR) is 95.7 cm³/mol. The van der Waals surface area contributed by atoms with Crippen molar-refractivity contribution in [1.29, 1.82) is 0 Å². The molecule has 2 amide bonds. The predicted octanol–water partition coefficient (Wildman–Crippen LogP) is 1.67. The van der Waals surface area contributed by atoms with E-state index in [2.05, 4.69) is 15.3 Å². The molecule has 9 nitrogen and oxygen atoms in total. The van der Waals surface area contributed by atoms with Crippen molar-refractivity contribution in [3.05, 3.63) is 29.6 Å². The van der Waals surface area contributed by atoms with Gasteiger partial charge in [-0.2, -0.15) is 0 Å². The summed E-state index contributed by atoms with van der Waals surface area (Å²) in [6, 6.07) is 3.11. The number of benzene rings is 1. The number of nitrogens with zero attached hydrogens (tertiary/aromatic N) is 3. The summed E-state index contributed by atoms with van der Waals surface area (Å²) in [6.45, 7) is 0.939. The molecule has 2 aromatic rings. The number of carbonyl (C=O) groups is 1. The van der Waals surface area contributed by atoms with Crippen molar-refractivity contribution < 1.29 is 19.0 Å². The average molecular weight is 359 g/mol. The Balaban J connectivity index is 1.78. The first-order valence-electron chi connectivity index (χ1n) is 8.02. The molecule has 0 saturated carbocycles. The van der Waals surface area contributed by atoms with E-state index in [0.29, 0.717) is 42.4 Å². The minimum Gasteiger partial charge on any atom is -0.493 e. The summed E-state index contributed by atoms with van der Waals surface area (Å²) in [5.41, 5.74) is 7.95. The number of nitrogens with one attached hydrogen (secondary N) is 1. The van der Waals surface area contributed by atoms with E-state index in [4.69, 9.17) is 19.9 Å². The van der Waals surface area contributed by atoms with Crippen LogP contribution in [0.4, 0.5) is 16.4 Å². The van der Waals surface area contributed by atoms with Gasteiger partial charge in [0.2, 0.25) is 11.7 Å². The third-order valence-electron chi connectivity index (χ3n) is 4.17. The zero-order chi connectivity index (χ0) is 18.7. The van der Waals surface area contributed by atoms with Crippen molar-refractivity contribution in [1.82, 2.24) is 14.9 Å². The summed E-state index contributed by atoms with van der Waals surface area (Å²) >= 11 is 0. The Bertz CT molecular complexity index is 802. The molecule has 1 aromatic heterocycles. The summed E-state index contributed by atoms with van der Waals surface area (Å²) in [4.78, 5) is 22.5. The number of rotatable bonds is 4. The lowest BCUT2D eigenvalue weighted by molar-refractivity contribution is 0.205. The van der Waals surface area contributed by atoms with Crippen molar-refractivity contribution in [3.8, 4) is 17.2 Å². The van der Waals surface area contributed by atoms with Crippen LogP contribution in [-0.4, -0.2) is 48.8 Å². The molecule has 0 fully saturated rings. The second-order valence-corrected chi connectivity index (χ2v) is 5.72. The number of fused-ring (bicyclic) bond motifs is 1. The van der Waals surface area contributed by atoms with Gasteiger partial charge < -0.3 is 30.2 Å². The minimum atomic E-state index is -0.248. The van der Waals surface area contributed by atoms with E-state index in [0.717, 1.165) is 11.3 Å². The van der Waals surface area contributed by atoms with Gasteiger partial charge in [0, 0.05) is 24.9 Å². The molecule has 2 heterocycles. The normalized spacial score (nSPS) is 13.0. The number of hydrogen-bond acceptors (Lipinski definition) is 7. The maximum Gasteiger partial charge on any atom is 0.322 e. The summed E-state index contributed by atoms with van der Waals surface area (Å²) in [5.74, 6) is 1.60. The standard InChI is InChI=1S/C17H21N5O4/c1-24-13-6-11(7-14(25-2)15(13)26-3)20-17(23)22-5-4-10-8-19-16(18)21-12(10)9-22/h6-8H,4-5,9H2,1-3H3,(H,20,23)(H2,18,19,21). The van der Waals surface area contributed by atoms with Crippen LogP contribution in [0.1, 0.15) is 11.3 Å². The van der Waals surface area contributed by atoms with Crippen molar-refractivity contribution in [2.24, 2.45) is 0 Å². The SMILES string of the molecule is COc1cc(NC(=O)N2CCc3cnc(N)nc3C2)cc(OC)c1OC. The highest BCUT2D eigenvalue weighted by atomic mass is 16.5. The number of anilines is 2. The van der Waals surface area contributed by atoms with E-state index < -0.39 is 0 Å². The van der Waals surface area contributed by atoms with E-state index in [-0.39, 0.29) is 12.0 Å². The number of carbonyl (C=O) groups excluding carboxylic acids is 1. The average Bonchev–Trinajstić information content (AvgIpc) is 2.66. The molecular formula is C17H21N5O4. The van der Waals surface area contributed by atoms with Gasteiger partial charge in [-0.1, -0.05) is 0 Å². The van der Waals surface area contributed by atoms with Gasteiger partial charge in [0.05, 0.1) is 39.3 Å². The smallest absolute Gasteiger partial charge is 0.322 e. The minimum absolute atomic E-state index is 0.204. The summed E-state index contributed by atoms with van der Waals surface area (Å²) in [6.07, 6.45) is 2.39. The zero-order valence-corrected chi connectivity index (χ0v) is 14.9. The Morgan fingerprint density at radius 3 is 2.50 bits per heavy atom. The number of aromatic nitrogens is 2. The number of amides is 2. The lowest BCUT2D eigenvalue weighted by Crippen LogP contribution is -2.39. The van der Waals surface area contributed by atoms with Gasteiger partial charge >= 0.3 is 6.03 Å². The number of nitrogen functional groups attached to an aromatic ring is 1. The van der Waals surface area contributed by atoms with Crippen LogP contribution < -0.4 is 25.3 Å². The molecule has 1 aliphatic heterocycles. The molecule has 26 heavy (non-hydrogen) atoms. The van der Waals surface area contributed by atoms with E-state index in [1.807, 2.05) is 0 Å². The second kappa shape index (κ2) is 7.34. The third-order valence-corrected chi connectivity index (χ3v) is 4.17. The number of methoxy groups -OCH3 is 3. The molecule has 0 aliphatic carbocycles. The van der Waals surface area contributed by atoms with Crippen LogP contribution in [0.3, 0.4) is 0 Å². The van der Waals surface area contributed by atoms with E-state index in [1.165, 1.54) is 21.3 Å². The third kappa shape index (κ3) is 3.41. The molecule has 3 rings (SSSR count). The quantitative estimate of drug-likeness (QED) is 0.854. The second-order valence-electron chi connectivity index (χ2n) is 5.72. The lowest BCUT2D eigenvalue weighted by atomic mass is 10.1. The van der Waals surface area contributed by atoms with Crippen LogP contribution in [-0.2, 0) is 13.0 Å². The number of ether oxygens (including phenoxy) is 3. The highest BCUT2D eigenvalue weighted by molar-refractivity contribution is 5.90. The van der Waals surface area contributed by atoms with Crippen LogP contribution >= 0.6 is 0 Å². The molecule has 3 N–H and O–H groups in total. The molecule has 0 atom stereocenters. The van der Waals surface area contributed by atoms with Crippen molar-refractivity contribution >= 4 is 17.7 Å². The molecule has 0 unspecified atom stereocenters. The fraction of sp³-hybridized carbons (Fsp3) is 0.353. The van der Waals surface area contributed by atoms with Gasteiger partial charge in [-0.05, 0) is 12.0 Å². The maximum absolute atomic E-state index is 12.6. The summed E-state index contributed by atoms with van der Waals surface area (Å²) < 4.78 is 15.9. The highest BCUT2D eigenvalue weighted by Gasteiger charge is 2.23. The first-order valence-corrected chi connectivity index (χ1v) is 8.02. The Labute approximate surface area is 151 Å². The van der Waals surface area contributed by atoms with Crippen molar-refractivity contribution in [2.45, 2.75) is 13.0 Å². The molecule has 0 spiro atoms. The van der Waals surface area contributed by atoms with E-state index >= 15 is 0 Å². The zero-order valence-electron chi connectivity index (χ0n) is 14.9. The first kappa shape index (κ1) is 17.6. The van der Waals surface area contributed by atoms with Gasteiger partial charge in [0.1, 0.15) is 0 Å². The van der Waals surface area contributed by atoms with Crippen LogP contribution in [0, 0.1) is 0 Å². The van der Waals surface area contributed by atoms with Crippen molar-refractivity contribution in [3.63, 3.8) is 0 Å². The Kier molecular flexibility index (Phi) is 4.97. The fourth-order valence-electron chi connectivity index (χ4n) is 2.85. The number of hydrogen-bond donors (Lipinski definition) is 2. The summed E-state index contributed by atoms with van der Waals surface area (Å²) in [7, 11) is 4.57. The number of urea groups is 1. The molecule has 0 radical (unpaired) electrons. The molecule has 0 bridgehead atoms.